The van der Waals surface area contributed by atoms with E-state index in [1.54, 1.807) is 53.7 Å². The van der Waals surface area contributed by atoms with E-state index in [0.717, 1.165) is 10.7 Å². The van der Waals surface area contributed by atoms with E-state index in [1.807, 2.05) is 17.2 Å². The molecule has 41 heavy (non-hydrogen) atoms. The molecule has 2 atom stereocenters. The fourth-order valence-electron chi connectivity index (χ4n) is 5.39. The standard InChI is InChI=1S/C30H34FN5O4S/c1-19-33-23(18-41-19)16-35-12-11-26(25(31)17-35)34-29(38)22-5-8-27(32-15-22)30(39)36-13-9-21(10-14-36)28(37)20-3-6-24(40-2)7-4-20/h3-8,15,18,21,25-26H,9-14,16-17H2,1-2H3,(H,34,38). The number of hydrogen-bond donors (Lipinski definition) is 1. The molecule has 0 radical (unpaired) electrons. The average Bonchev–Trinajstić information content (AvgIpc) is 3.42. The minimum Gasteiger partial charge on any atom is -0.497 e. The van der Waals surface area contributed by atoms with Gasteiger partial charge >= 0.3 is 0 Å². The number of nitrogens with zero attached hydrogens (tertiary/aromatic N) is 4. The first-order valence-electron chi connectivity index (χ1n) is 13.8. The van der Waals surface area contributed by atoms with Gasteiger partial charge in [0.05, 0.1) is 29.4 Å². The highest BCUT2D eigenvalue weighted by atomic mass is 32.1. The molecule has 1 aromatic carbocycles. The Morgan fingerprint density at radius 2 is 1.78 bits per heavy atom. The van der Waals surface area contributed by atoms with Gasteiger partial charge in [0.15, 0.2) is 5.78 Å². The molecule has 2 aliphatic heterocycles. The number of amides is 2. The molecule has 3 aromatic rings. The van der Waals surface area contributed by atoms with Crippen LogP contribution in [-0.2, 0) is 6.54 Å². The van der Waals surface area contributed by atoms with Crippen molar-refractivity contribution in [2.24, 2.45) is 5.92 Å². The Kier molecular flexibility index (Phi) is 9.04. The number of carbonyl (C=O) groups excluding carboxylic acids is 3. The molecule has 2 amide bonds. The van der Waals surface area contributed by atoms with Crippen LogP contribution in [0.3, 0.4) is 0 Å². The van der Waals surface area contributed by atoms with Crippen LogP contribution >= 0.6 is 11.3 Å². The van der Waals surface area contributed by atoms with Gasteiger partial charge in [-0.05, 0) is 62.6 Å². The number of nitrogens with one attached hydrogen (secondary N) is 1. The monoisotopic (exact) mass is 579 g/mol. The number of aromatic nitrogens is 2. The SMILES string of the molecule is COc1ccc(C(=O)C2CCN(C(=O)c3ccc(C(=O)NC4CCN(Cc5csc(C)n5)CC4F)cn3)CC2)cc1. The van der Waals surface area contributed by atoms with Crippen LogP contribution in [-0.4, -0.2) is 82.9 Å². The molecule has 11 heteroatoms. The van der Waals surface area contributed by atoms with Crippen LogP contribution in [0.5, 0.6) is 5.75 Å². The molecular weight excluding hydrogens is 545 g/mol. The summed E-state index contributed by atoms with van der Waals surface area (Å²) in [6, 6.07) is 9.56. The number of likely N-dealkylation sites (tertiary alicyclic amines) is 2. The van der Waals surface area contributed by atoms with Gasteiger partial charge in [-0.2, -0.15) is 0 Å². The molecule has 216 valence electrons. The molecule has 0 spiro atoms. The minimum atomic E-state index is -1.19. The predicted octanol–water partition coefficient (Wildman–Crippen LogP) is 3.93. The van der Waals surface area contributed by atoms with E-state index in [9.17, 15) is 18.8 Å². The lowest BCUT2D eigenvalue weighted by Crippen LogP contribution is -2.52. The number of aryl methyl sites for hydroxylation is 1. The number of methoxy groups -OCH3 is 1. The summed E-state index contributed by atoms with van der Waals surface area (Å²) >= 11 is 1.58. The van der Waals surface area contributed by atoms with Crippen LogP contribution in [0.25, 0.3) is 0 Å². The average molecular weight is 580 g/mol. The lowest BCUT2D eigenvalue weighted by atomic mass is 9.88. The molecule has 1 N–H and O–H groups in total. The van der Waals surface area contributed by atoms with Gasteiger partial charge in [-0.3, -0.25) is 24.3 Å². The van der Waals surface area contributed by atoms with Crippen molar-refractivity contribution in [3.8, 4) is 5.75 Å². The number of ether oxygens (including phenoxy) is 1. The van der Waals surface area contributed by atoms with Crippen molar-refractivity contribution in [2.45, 2.75) is 44.9 Å². The van der Waals surface area contributed by atoms with Crippen molar-refractivity contribution in [2.75, 3.05) is 33.3 Å². The number of piperidine rings is 2. The molecule has 4 heterocycles. The summed E-state index contributed by atoms with van der Waals surface area (Å²) < 4.78 is 20.1. The number of hydrogen-bond acceptors (Lipinski definition) is 8. The Morgan fingerprint density at radius 1 is 1.05 bits per heavy atom. The topological polar surface area (TPSA) is 105 Å². The summed E-state index contributed by atoms with van der Waals surface area (Å²) in [5.41, 5.74) is 2.09. The van der Waals surface area contributed by atoms with Gasteiger partial charge in [-0.1, -0.05) is 0 Å². The molecular formula is C30H34FN5O4S. The zero-order valence-electron chi connectivity index (χ0n) is 23.2. The summed E-state index contributed by atoms with van der Waals surface area (Å²) in [5.74, 6) is -0.0223. The first-order chi connectivity index (χ1) is 19.8. The Hall–Kier alpha value is -3.70. The van der Waals surface area contributed by atoms with E-state index in [1.165, 1.54) is 12.3 Å². The maximum Gasteiger partial charge on any atom is 0.272 e. The molecule has 2 unspecified atom stereocenters. The lowest BCUT2D eigenvalue weighted by molar-refractivity contribution is 0.0645. The Morgan fingerprint density at radius 3 is 2.39 bits per heavy atom. The Labute approximate surface area is 242 Å². The summed E-state index contributed by atoms with van der Waals surface area (Å²) in [5, 5.41) is 5.77. The van der Waals surface area contributed by atoms with Crippen LogP contribution in [0.1, 0.15) is 61.2 Å². The second kappa shape index (κ2) is 12.9. The number of carbonyl (C=O) groups is 3. The highest BCUT2D eigenvalue weighted by Gasteiger charge is 2.32. The van der Waals surface area contributed by atoms with Gasteiger partial charge in [0.25, 0.3) is 11.8 Å². The second-order valence-corrected chi connectivity index (χ2v) is 11.6. The third kappa shape index (κ3) is 6.97. The highest BCUT2D eigenvalue weighted by molar-refractivity contribution is 7.09. The fraction of sp³-hybridized carbons (Fsp3) is 0.433. The maximum atomic E-state index is 14.9. The number of benzene rings is 1. The van der Waals surface area contributed by atoms with Gasteiger partial charge in [0, 0.05) is 55.8 Å². The van der Waals surface area contributed by atoms with E-state index in [0.29, 0.717) is 56.8 Å². The number of ketones is 1. The largest absolute Gasteiger partial charge is 0.497 e. The quantitative estimate of drug-likeness (QED) is 0.403. The second-order valence-electron chi connectivity index (χ2n) is 10.6. The van der Waals surface area contributed by atoms with Crippen LogP contribution < -0.4 is 10.1 Å². The molecule has 2 aliphatic rings. The number of alkyl halides is 1. The van der Waals surface area contributed by atoms with Gasteiger partial charge in [0.1, 0.15) is 17.6 Å². The molecule has 9 nitrogen and oxygen atoms in total. The smallest absolute Gasteiger partial charge is 0.272 e. The molecule has 2 aromatic heterocycles. The summed E-state index contributed by atoms with van der Waals surface area (Å²) in [6.45, 7) is 4.34. The third-order valence-corrected chi connectivity index (χ3v) is 8.59. The zero-order chi connectivity index (χ0) is 28.9. The zero-order valence-corrected chi connectivity index (χ0v) is 24.0. The minimum absolute atomic E-state index is 0.0731. The van der Waals surface area contributed by atoms with Crippen LogP contribution in [0, 0.1) is 12.8 Å². The molecule has 2 saturated heterocycles. The maximum absolute atomic E-state index is 14.9. The van der Waals surface area contributed by atoms with Crippen molar-refractivity contribution < 1.29 is 23.5 Å². The van der Waals surface area contributed by atoms with Crippen LogP contribution in [0.4, 0.5) is 4.39 Å². The van der Waals surface area contributed by atoms with Crippen molar-refractivity contribution >= 4 is 28.9 Å². The van der Waals surface area contributed by atoms with E-state index >= 15 is 0 Å². The molecule has 0 bridgehead atoms. The third-order valence-electron chi connectivity index (χ3n) is 7.77. The number of Topliss-reactive ketones (excluding diaryl/α,β-unsaturated/α-hetero) is 1. The van der Waals surface area contributed by atoms with E-state index in [4.69, 9.17) is 4.74 Å². The van der Waals surface area contributed by atoms with Crippen molar-refractivity contribution in [3.63, 3.8) is 0 Å². The van der Waals surface area contributed by atoms with Gasteiger partial charge in [-0.25, -0.2) is 9.37 Å². The van der Waals surface area contributed by atoms with Gasteiger partial charge in [-0.15, -0.1) is 11.3 Å². The molecule has 0 aliphatic carbocycles. The molecule has 5 rings (SSSR count). The van der Waals surface area contributed by atoms with Crippen LogP contribution in [0.15, 0.2) is 48.0 Å². The van der Waals surface area contributed by atoms with E-state index in [-0.39, 0.29) is 35.4 Å². The number of halogens is 1. The number of thiazole rings is 1. The first-order valence-corrected chi connectivity index (χ1v) is 14.7. The Bertz CT molecular complexity index is 1370. The number of pyridine rings is 1. The van der Waals surface area contributed by atoms with Crippen molar-refractivity contribution in [3.05, 3.63) is 75.5 Å². The molecule has 0 saturated carbocycles. The fourth-order valence-corrected chi connectivity index (χ4v) is 5.99. The number of rotatable bonds is 8. The van der Waals surface area contributed by atoms with E-state index < -0.39 is 18.1 Å². The van der Waals surface area contributed by atoms with Crippen molar-refractivity contribution in [1.29, 1.82) is 0 Å². The lowest BCUT2D eigenvalue weighted by Gasteiger charge is -2.34. The summed E-state index contributed by atoms with van der Waals surface area (Å²) in [7, 11) is 1.58. The normalized spacial score (nSPS) is 20.0. The van der Waals surface area contributed by atoms with E-state index in [2.05, 4.69) is 15.3 Å². The summed E-state index contributed by atoms with van der Waals surface area (Å²) in [6.07, 6.45) is 1.81. The van der Waals surface area contributed by atoms with Crippen LogP contribution in [0.2, 0.25) is 0 Å². The van der Waals surface area contributed by atoms with Crippen molar-refractivity contribution in [1.82, 2.24) is 25.1 Å². The highest BCUT2D eigenvalue weighted by Crippen LogP contribution is 2.24. The molecule has 2 fully saturated rings. The van der Waals surface area contributed by atoms with Gasteiger partial charge in [0.2, 0.25) is 0 Å². The van der Waals surface area contributed by atoms with Gasteiger partial charge < -0.3 is 15.0 Å². The Balaban J connectivity index is 1.09. The predicted molar refractivity (Wildman–Crippen MR) is 153 cm³/mol. The first kappa shape index (κ1) is 28.8. The summed E-state index contributed by atoms with van der Waals surface area (Å²) in [4.78, 5) is 51.1.